The second-order valence-corrected chi connectivity index (χ2v) is 7.21. The Hall–Kier alpha value is -0.860. The van der Waals surface area contributed by atoms with E-state index in [1.807, 2.05) is 0 Å². The van der Waals surface area contributed by atoms with E-state index in [0.29, 0.717) is 11.5 Å². The molecule has 1 saturated heterocycles. The molecule has 1 aliphatic heterocycles. The monoisotopic (exact) mass is 274 g/mol. The standard InChI is InChI=1S/C18H30N2/c1-14-8-5-6-9-16(14)17(15(2)19)20-12-7-10-18(3,4)11-13-20/h5-6,8-9,15,17H,7,10-13,19H2,1-4H3. The summed E-state index contributed by atoms with van der Waals surface area (Å²) in [4.78, 5) is 2.61. The van der Waals surface area contributed by atoms with E-state index in [0.717, 1.165) is 6.54 Å². The van der Waals surface area contributed by atoms with Gasteiger partial charge in [0.25, 0.3) is 0 Å². The van der Waals surface area contributed by atoms with Gasteiger partial charge in [0.2, 0.25) is 0 Å². The fraction of sp³-hybridized carbons (Fsp3) is 0.667. The smallest absolute Gasteiger partial charge is 0.0499 e. The third kappa shape index (κ3) is 3.62. The van der Waals surface area contributed by atoms with Crippen LogP contribution in [-0.4, -0.2) is 24.0 Å². The average Bonchev–Trinajstić information content (AvgIpc) is 2.53. The summed E-state index contributed by atoms with van der Waals surface area (Å²) in [7, 11) is 0. The van der Waals surface area contributed by atoms with Gasteiger partial charge in [-0.05, 0) is 62.7 Å². The van der Waals surface area contributed by atoms with Crippen molar-refractivity contribution in [2.75, 3.05) is 13.1 Å². The first-order valence-electron chi connectivity index (χ1n) is 7.96. The van der Waals surface area contributed by atoms with E-state index in [2.05, 4.69) is 56.9 Å². The van der Waals surface area contributed by atoms with E-state index in [9.17, 15) is 0 Å². The SMILES string of the molecule is Cc1ccccc1C(C(C)N)N1CCCC(C)(C)CC1. The van der Waals surface area contributed by atoms with E-state index >= 15 is 0 Å². The van der Waals surface area contributed by atoms with Gasteiger partial charge in [-0.15, -0.1) is 0 Å². The second kappa shape index (κ2) is 6.28. The number of rotatable bonds is 3. The quantitative estimate of drug-likeness (QED) is 0.906. The number of nitrogens with zero attached hydrogens (tertiary/aromatic N) is 1. The summed E-state index contributed by atoms with van der Waals surface area (Å²) in [5.74, 6) is 0. The molecule has 0 aliphatic carbocycles. The lowest BCUT2D eigenvalue weighted by molar-refractivity contribution is 0.175. The summed E-state index contributed by atoms with van der Waals surface area (Å²) < 4.78 is 0. The molecule has 2 rings (SSSR count). The third-order valence-electron chi connectivity index (χ3n) is 4.77. The van der Waals surface area contributed by atoms with Crippen LogP contribution < -0.4 is 5.73 Å². The van der Waals surface area contributed by atoms with Crippen molar-refractivity contribution in [1.82, 2.24) is 4.90 Å². The minimum atomic E-state index is 0.164. The van der Waals surface area contributed by atoms with Crippen LogP contribution >= 0.6 is 0 Å². The van der Waals surface area contributed by atoms with Gasteiger partial charge in [0, 0.05) is 12.1 Å². The Kier molecular flexibility index (Phi) is 4.87. The minimum absolute atomic E-state index is 0.164. The second-order valence-electron chi connectivity index (χ2n) is 7.21. The van der Waals surface area contributed by atoms with Crippen molar-refractivity contribution in [2.24, 2.45) is 11.1 Å². The molecule has 2 heteroatoms. The molecule has 0 spiro atoms. The minimum Gasteiger partial charge on any atom is -0.326 e. The summed E-state index contributed by atoms with van der Waals surface area (Å²) in [6, 6.07) is 9.22. The Bertz CT molecular complexity index is 437. The molecule has 2 N–H and O–H groups in total. The van der Waals surface area contributed by atoms with Crippen molar-refractivity contribution in [3.63, 3.8) is 0 Å². The van der Waals surface area contributed by atoms with Crippen LogP contribution in [0.3, 0.4) is 0 Å². The Labute approximate surface area is 124 Å². The molecule has 0 aromatic heterocycles. The Morgan fingerprint density at radius 3 is 2.50 bits per heavy atom. The summed E-state index contributed by atoms with van der Waals surface area (Å²) in [6.45, 7) is 11.5. The van der Waals surface area contributed by atoms with Gasteiger partial charge in [0.15, 0.2) is 0 Å². The summed E-state index contributed by atoms with van der Waals surface area (Å²) >= 11 is 0. The van der Waals surface area contributed by atoms with Gasteiger partial charge in [0.05, 0.1) is 0 Å². The normalized spacial score (nSPS) is 23.1. The van der Waals surface area contributed by atoms with Crippen LogP contribution in [0.25, 0.3) is 0 Å². The number of hydrogen-bond donors (Lipinski definition) is 1. The molecule has 1 aliphatic rings. The molecule has 1 aromatic carbocycles. The third-order valence-corrected chi connectivity index (χ3v) is 4.77. The van der Waals surface area contributed by atoms with Crippen molar-refractivity contribution in [2.45, 2.75) is 59.0 Å². The maximum Gasteiger partial charge on any atom is 0.0499 e. The van der Waals surface area contributed by atoms with Crippen molar-refractivity contribution < 1.29 is 0 Å². The van der Waals surface area contributed by atoms with Crippen LogP contribution in [0.15, 0.2) is 24.3 Å². The molecule has 2 nitrogen and oxygen atoms in total. The number of likely N-dealkylation sites (tertiary alicyclic amines) is 1. The fourth-order valence-electron chi connectivity index (χ4n) is 3.45. The Morgan fingerprint density at radius 1 is 1.15 bits per heavy atom. The molecule has 1 aromatic rings. The van der Waals surface area contributed by atoms with E-state index < -0.39 is 0 Å². The van der Waals surface area contributed by atoms with Crippen LogP contribution in [0.2, 0.25) is 0 Å². The predicted octanol–water partition coefficient (Wildman–Crippen LogP) is 3.90. The van der Waals surface area contributed by atoms with Gasteiger partial charge in [-0.25, -0.2) is 0 Å². The van der Waals surface area contributed by atoms with Gasteiger partial charge in [-0.1, -0.05) is 38.1 Å². The molecular formula is C18H30N2. The Morgan fingerprint density at radius 2 is 1.85 bits per heavy atom. The molecule has 2 atom stereocenters. The molecule has 0 radical (unpaired) electrons. The molecule has 0 amide bonds. The molecule has 0 bridgehead atoms. The van der Waals surface area contributed by atoms with Gasteiger partial charge >= 0.3 is 0 Å². The molecule has 20 heavy (non-hydrogen) atoms. The first-order valence-corrected chi connectivity index (χ1v) is 7.96. The highest BCUT2D eigenvalue weighted by Crippen LogP contribution is 2.34. The highest BCUT2D eigenvalue weighted by molar-refractivity contribution is 5.30. The molecule has 2 unspecified atom stereocenters. The number of hydrogen-bond acceptors (Lipinski definition) is 2. The van der Waals surface area contributed by atoms with Crippen LogP contribution in [0, 0.1) is 12.3 Å². The summed E-state index contributed by atoms with van der Waals surface area (Å²) in [6.07, 6.45) is 3.87. The molecule has 0 saturated carbocycles. The van der Waals surface area contributed by atoms with Crippen molar-refractivity contribution in [1.29, 1.82) is 0 Å². The number of benzene rings is 1. The topological polar surface area (TPSA) is 29.3 Å². The molecule has 1 fully saturated rings. The molecule has 112 valence electrons. The highest BCUT2D eigenvalue weighted by Gasteiger charge is 2.30. The molecule has 1 heterocycles. The summed E-state index contributed by atoms with van der Waals surface area (Å²) in [5.41, 5.74) is 9.58. The van der Waals surface area contributed by atoms with E-state index in [-0.39, 0.29) is 6.04 Å². The van der Waals surface area contributed by atoms with Crippen molar-refractivity contribution >= 4 is 0 Å². The zero-order valence-corrected chi connectivity index (χ0v) is 13.5. The van der Waals surface area contributed by atoms with Crippen LogP contribution in [0.4, 0.5) is 0 Å². The van der Waals surface area contributed by atoms with Gasteiger partial charge < -0.3 is 5.73 Å². The van der Waals surface area contributed by atoms with Crippen molar-refractivity contribution in [3.8, 4) is 0 Å². The van der Waals surface area contributed by atoms with Crippen LogP contribution in [-0.2, 0) is 0 Å². The Balaban J connectivity index is 2.23. The first kappa shape index (κ1) is 15.5. The maximum atomic E-state index is 6.35. The summed E-state index contributed by atoms with van der Waals surface area (Å²) in [5, 5.41) is 0. The molecular weight excluding hydrogens is 244 g/mol. The lowest BCUT2D eigenvalue weighted by Gasteiger charge is -2.35. The lowest BCUT2D eigenvalue weighted by atomic mass is 9.85. The largest absolute Gasteiger partial charge is 0.326 e. The van der Waals surface area contributed by atoms with Gasteiger partial charge in [0.1, 0.15) is 0 Å². The van der Waals surface area contributed by atoms with Crippen LogP contribution in [0.1, 0.15) is 57.2 Å². The van der Waals surface area contributed by atoms with E-state index in [1.54, 1.807) is 0 Å². The number of aryl methyl sites for hydroxylation is 1. The van der Waals surface area contributed by atoms with E-state index in [4.69, 9.17) is 5.73 Å². The van der Waals surface area contributed by atoms with Crippen molar-refractivity contribution in [3.05, 3.63) is 35.4 Å². The zero-order valence-electron chi connectivity index (χ0n) is 13.5. The average molecular weight is 274 g/mol. The maximum absolute atomic E-state index is 6.35. The zero-order chi connectivity index (χ0) is 14.8. The predicted molar refractivity (Wildman–Crippen MR) is 86.8 cm³/mol. The van der Waals surface area contributed by atoms with E-state index in [1.165, 1.54) is 36.9 Å². The lowest BCUT2D eigenvalue weighted by Crippen LogP contribution is -2.40. The highest BCUT2D eigenvalue weighted by atomic mass is 15.2. The van der Waals surface area contributed by atoms with Crippen LogP contribution in [0.5, 0.6) is 0 Å². The first-order chi connectivity index (χ1) is 9.41. The fourth-order valence-corrected chi connectivity index (χ4v) is 3.45. The van der Waals surface area contributed by atoms with Gasteiger partial charge in [-0.2, -0.15) is 0 Å². The number of nitrogens with two attached hydrogens (primary N) is 1. The van der Waals surface area contributed by atoms with Gasteiger partial charge in [-0.3, -0.25) is 4.90 Å².